The van der Waals surface area contributed by atoms with E-state index in [4.69, 9.17) is 14.2 Å². The molecule has 0 spiro atoms. The molecule has 22 heavy (non-hydrogen) atoms. The molecule has 118 valence electrons. The fourth-order valence-electron chi connectivity index (χ4n) is 1.74. The highest BCUT2D eigenvalue weighted by molar-refractivity contribution is 5.41. The Hall–Kier alpha value is -2.64. The SMILES string of the molecule is CNc1ncc(OCc2c(F)c(OC)cc(OC)c2F)cn1. The molecule has 1 heterocycles. The zero-order chi connectivity index (χ0) is 16.1. The van der Waals surface area contributed by atoms with Crippen molar-refractivity contribution in [1.29, 1.82) is 0 Å². The van der Waals surface area contributed by atoms with Crippen molar-refractivity contribution in [3.05, 3.63) is 35.7 Å². The third kappa shape index (κ3) is 3.16. The van der Waals surface area contributed by atoms with E-state index in [-0.39, 0.29) is 29.4 Å². The Morgan fingerprint density at radius 2 is 1.59 bits per heavy atom. The van der Waals surface area contributed by atoms with Gasteiger partial charge in [0.25, 0.3) is 0 Å². The quantitative estimate of drug-likeness (QED) is 0.883. The number of hydrogen-bond acceptors (Lipinski definition) is 6. The molecule has 0 aliphatic rings. The summed E-state index contributed by atoms with van der Waals surface area (Å²) in [6.45, 7) is -0.354. The van der Waals surface area contributed by atoms with Gasteiger partial charge in [-0.2, -0.15) is 0 Å². The van der Waals surface area contributed by atoms with E-state index in [1.54, 1.807) is 7.05 Å². The Morgan fingerprint density at radius 1 is 1.05 bits per heavy atom. The first-order chi connectivity index (χ1) is 10.6. The second-order valence-corrected chi connectivity index (χ2v) is 4.17. The minimum absolute atomic E-state index is 0.126. The molecule has 8 heteroatoms. The highest BCUT2D eigenvalue weighted by Gasteiger charge is 2.20. The predicted octanol–water partition coefficient (Wildman–Crippen LogP) is 2.39. The van der Waals surface area contributed by atoms with Crippen LogP contribution >= 0.6 is 0 Å². The molecular formula is C14H15F2N3O3. The van der Waals surface area contributed by atoms with Gasteiger partial charge in [-0.05, 0) is 0 Å². The molecule has 6 nitrogen and oxygen atoms in total. The van der Waals surface area contributed by atoms with Gasteiger partial charge in [0.2, 0.25) is 5.95 Å². The van der Waals surface area contributed by atoms with Crippen LogP contribution in [-0.4, -0.2) is 31.2 Å². The fraction of sp³-hybridized carbons (Fsp3) is 0.286. The van der Waals surface area contributed by atoms with Crippen LogP contribution in [0, 0.1) is 11.6 Å². The Balaban J connectivity index is 2.24. The van der Waals surface area contributed by atoms with E-state index < -0.39 is 11.6 Å². The van der Waals surface area contributed by atoms with Gasteiger partial charge in [0.05, 0.1) is 32.2 Å². The van der Waals surface area contributed by atoms with Gasteiger partial charge >= 0.3 is 0 Å². The van der Waals surface area contributed by atoms with Crippen molar-refractivity contribution in [3.63, 3.8) is 0 Å². The number of anilines is 1. The van der Waals surface area contributed by atoms with Gasteiger partial charge in [-0.15, -0.1) is 0 Å². The fourth-order valence-corrected chi connectivity index (χ4v) is 1.74. The predicted molar refractivity (Wildman–Crippen MR) is 75.4 cm³/mol. The van der Waals surface area contributed by atoms with Crippen molar-refractivity contribution in [2.75, 3.05) is 26.6 Å². The minimum atomic E-state index is -0.839. The van der Waals surface area contributed by atoms with E-state index in [2.05, 4.69) is 15.3 Å². The molecule has 0 aliphatic heterocycles. The summed E-state index contributed by atoms with van der Waals surface area (Å²) < 4.78 is 43.3. The third-order valence-electron chi connectivity index (χ3n) is 2.90. The number of hydrogen-bond donors (Lipinski definition) is 1. The molecule has 0 aliphatic carbocycles. The van der Waals surface area contributed by atoms with Crippen LogP contribution in [0.1, 0.15) is 5.56 Å². The van der Waals surface area contributed by atoms with Crippen LogP contribution in [0.2, 0.25) is 0 Å². The molecule has 0 radical (unpaired) electrons. The van der Waals surface area contributed by atoms with Gasteiger partial charge in [-0.25, -0.2) is 18.7 Å². The molecule has 0 saturated heterocycles. The van der Waals surface area contributed by atoms with Crippen molar-refractivity contribution in [2.24, 2.45) is 0 Å². The summed E-state index contributed by atoms with van der Waals surface area (Å²) in [6.07, 6.45) is 2.79. The van der Waals surface area contributed by atoms with Crippen molar-refractivity contribution in [1.82, 2.24) is 9.97 Å². The van der Waals surface area contributed by atoms with Crippen molar-refractivity contribution >= 4 is 5.95 Å². The second kappa shape index (κ2) is 6.88. The summed E-state index contributed by atoms with van der Waals surface area (Å²) in [7, 11) is 4.23. The summed E-state index contributed by atoms with van der Waals surface area (Å²) in [5.41, 5.74) is -0.297. The van der Waals surface area contributed by atoms with Gasteiger partial charge in [0, 0.05) is 13.1 Å². The van der Waals surface area contributed by atoms with E-state index in [1.165, 1.54) is 26.6 Å². The van der Waals surface area contributed by atoms with E-state index in [9.17, 15) is 8.78 Å². The summed E-state index contributed by atoms with van der Waals surface area (Å²) >= 11 is 0. The molecule has 1 aromatic heterocycles. The maximum atomic E-state index is 14.1. The molecule has 2 rings (SSSR count). The molecule has 0 fully saturated rings. The van der Waals surface area contributed by atoms with Gasteiger partial charge in [-0.3, -0.25) is 0 Å². The van der Waals surface area contributed by atoms with Crippen LogP contribution in [0.4, 0.5) is 14.7 Å². The Labute approximate surface area is 126 Å². The molecule has 0 amide bonds. The topological polar surface area (TPSA) is 65.5 Å². The first-order valence-electron chi connectivity index (χ1n) is 6.32. The average molecular weight is 311 g/mol. The molecule has 2 aromatic rings. The number of aromatic nitrogens is 2. The molecular weight excluding hydrogens is 296 g/mol. The average Bonchev–Trinajstić information content (AvgIpc) is 2.55. The van der Waals surface area contributed by atoms with Gasteiger partial charge in [-0.1, -0.05) is 0 Å². The van der Waals surface area contributed by atoms with E-state index >= 15 is 0 Å². The molecule has 0 bridgehead atoms. The zero-order valence-electron chi connectivity index (χ0n) is 12.3. The van der Waals surface area contributed by atoms with Crippen LogP contribution in [0.25, 0.3) is 0 Å². The molecule has 1 aromatic carbocycles. The van der Waals surface area contributed by atoms with Gasteiger partial charge < -0.3 is 19.5 Å². The van der Waals surface area contributed by atoms with E-state index in [0.717, 1.165) is 6.07 Å². The van der Waals surface area contributed by atoms with Gasteiger partial charge in [0.1, 0.15) is 6.61 Å². The number of methoxy groups -OCH3 is 2. The number of rotatable bonds is 6. The number of benzene rings is 1. The lowest BCUT2D eigenvalue weighted by molar-refractivity contribution is 0.280. The van der Waals surface area contributed by atoms with Crippen molar-refractivity contribution < 1.29 is 23.0 Å². The maximum absolute atomic E-state index is 14.1. The number of nitrogens with zero attached hydrogens (tertiary/aromatic N) is 2. The maximum Gasteiger partial charge on any atom is 0.222 e. The normalized spacial score (nSPS) is 10.2. The van der Waals surface area contributed by atoms with Gasteiger partial charge in [0.15, 0.2) is 28.9 Å². The lowest BCUT2D eigenvalue weighted by Gasteiger charge is -2.13. The summed E-state index contributed by atoms with van der Waals surface area (Å²) in [6, 6.07) is 1.14. The first kappa shape index (κ1) is 15.7. The number of nitrogens with one attached hydrogen (secondary N) is 1. The monoisotopic (exact) mass is 311 g/mol. The number of halogens is 2. The highest BCUT2D eigenvalue weighted by Crippen LogP contribution is 2.31. The highest BCUT2D eigenvalue weighted by atomic mass is 19.1. The van der Waals surface area contributed by atoms with Crippen LogP contribution in [0.5, 0.6) is 17.2 Å². The third-order valence-corrected chi connectivity index (χ3v) is 2.90. The summed E-state index contributed by atoms with van der Waals surface area (Å²) in [4.78, 5) is 7.88. The number of ether oxygens (including phenoxy) is 3. The van der Waals surface area contributed by atoms with Crippen LogP contribution in [0.3, 0.4) is 0 Å². The van der Waals surface area contributed by atoms with Crippen molar-refractivity contribution in [3.8, 4) is 17.2 Å². The lowest BCUT2D eigenvalue weighted by Crippen LogP contribution is -2.06. The Morgan fingerprint density at radius 3 is 2.05 bits per heavy atom. The second-order valence-electron chi connectivity index (χ2n) is 4.17. The van der Waals surface area contributed by atoms with Crippen LogP contribution in [-0.2, 0) is 6.61 Å². The minimum Gasteiger partial charge on any atom is -0.494 e. The standard InChI is InChI=1S/C14H15F2N3O3/c1-17-14-18-5-8(6-19-14)22-7-9-12(15)10(20-2)4-11(21-3)13(9)16/h4-6H,7H2,1-3H3,(H,17,18,19). The lowest BCUT2D eigenvalue weighted by atomic mass is 10.1. The molecule has 0 unspecified atom stereocenters. The van der Waals surface area contributed by atoms with Crippen LogP contribution < -0.4 is 19.5 Å². The van der Waals surface area contributed by atoms with E-state index in [0.29, 0.717) is 5.95 Å². The summed E-state index contributed by atoms with van der Waals surface area (Å²) in [5.74, 6) is -1.24. The molecule has 1 N–H and O–H groups in total. The molecule has 0 saturated carbocycles. The summed E-state index contributed by atoms with van der Waals surface area (Å²) in [5, 5.41) is 2.75. The van der Waals surface area contributed by atoms with E-state index in [1.807, 2.05) is 0 Å². The van der Waals surface area contributed by atoms with Crippen molar-refractivity contribution in [2.45, 2.75) is 6.61 Å². The Kier molecular flexibility index (Phi) is 4.92. The van der Waals surface area contributed by atoms with Crippen LogP contribution in [0.15, 0.2) is 18.5 Å². The molecule has 0 atom stereocenters. The smallest absolute Gasteiger partial charge is 0.222 e. The largest absolute Gasteiger partial charge is 0.494 e. The Bertz CT molecular complexity index is 623. The zero-order valence-corrected chi connectivity index (χ0v) is 12.3. The first-order valence-corrected chi connectivity index (χ1v) is 6.32.